The van der Waals surface area contributed by atoms with E-state index in [0.29, 0.717) is 12.1 Å². The van der Waals surface area contributed by atoms with E-state index in [-0.39, 0.29) is 6.04 Å². The minimum Gasteiger partial charge on any atom is -0.469 e. The van der Waals surface area contributed by atoms with Gasteiger partial charge in [-0.2, -0.15) is 0 Å². The minimum absolute atomic E-state index is 0.0300. The predicted molar refractivity (Wildman–Crippen MR) is 61.9 cm³/mol. The van der Waals surface area contributed by atoms with Crippen molar-refractivity contribution >= 4 is 5.69 Å². The first kappa shape index (κ1) is 11.6. The van der Waals surface area contributed by atoms with E-state index in [9.17, 15) is 8.78 Å². The number of furan rings is 1. The van der Waals surface area contributed by atoms with Crippen molar-refractivity contribution in [3.05, 3.63) is 54.0 Å². The molecule has 2 nitrogen and oxygen atoms in total. The van der Waals surface area contributed by atoms with Gasteiger partial charge >= 0.3 is 0 Å². The summed E-state index contributed by atoms with van der Waals surface area (Å²) in [5, 5.41) is 3.02. The summed E-state index contributed by atoms with van der Waals surface area (Å²) in [5.41, 5.74) is 0.432. The smallest absolute Gasteiger partial charge is 0.128 e. The molecule has 17 heavy (non-hydrogen) atoms. The van der Waals surface area contributed by atoms with E-state index < -0.39 is 11.6 Å². The number of hydrogen-bond donors (Lipinski definition) is 1. The van der Waals surface area contributed by atoms with Gasteiger partial charge in [-0.3, -0.25) is 0 Å². The van der Waals surface area contributed by atoms with Gasteiger partial charge in [-0.1, -0.05) is 0 Å². The van der Waals surface area contributed by atoms with Crippen molar-refractivity contribution in [1.82, 2.24) is 0 Å². The van der Waals surface area contributed by atoms with Crippen molar-refractivity contribution in [2.45, 2.75) is 19.4 Å². The van der Waals surface area contributed by atoms with Crippen molar-refractivity contribution in [1.29, 1.82) is 0 Å². The highest BCUT2D eigenvalue weighted by Gasteiger charge is 2.07. The molecule has 90 valence electrons. The Morgan fingerprint density at radius 1 is 1.24 bits per heavy atom. The van der Waals surface area contributed by atoms with Gasteiger partial charge in [0.05, 0.1) is 6.26 Å². The van der Waals surface area contributed by atoms with Gasteiger partial charge in [-0.25, -0.2) is 8.78 Å². The van der Waals surface area contributed by atoms with E-state index in [0.717, 1.165) is 11.8 Å². The number of nitrogens with one attached hydrogen (secondary N) is 1. The van der Waals surface area contributed by atoms with Crippen molar-refractivity contribution in [3.8, 4) is 0 Å². The summed E-state index contributed by atoms with van der Waals surface area (Å²) in [4.78, 5) is 0. The zero-order valence-electron chi connectivity index (χ0n) is 9.41. The van der Waals surface area contributed by atoms with E-state index in [1.165, 1.54) is 12.1 Å². The largest absolute Gasteiger partial charge is 0.469 e. The van der Waals surface area contributed by atoms with Crippen LogP contribution < -0.4 is 5.32 Å². The highest BCUT2D eigenvalue weighted by atomic mass is 19.1. The Hall–Kier alpha value is -1.84. The van der Waals surface area contributed by atoms with E-state index in [2.05, 4.69) is 5.32 Å². The fraction of sp³-hybridized carbons (Fsp3) is 0.231. The first-order valence-corrected chi connectivity index (χ1v) is 5.38. The van der Waals surface area contributed by atoms with Crippen LogP contribution in [-0.2, 0) is 6.42 Å². The lowest BCUT2D eigenvalue weighted by molar-refractivity contribution is 0.497. The maximum Gasteiger partial charge on any atom is 0.128 e. The molecule has 1 aromatic carbocycles. The van der Waals surface area contributed by atoms with Gasteiger partial charge in [0.1, 0.15) is 17.4 Å². The number of halogens is 2. The molecule has 0 amide bonds. The molecule has 0 aliphatic rings. The average molecular weight is 237 g/mol. The second-order valence-electron chi connectivity index (χ2n) is 3.99. The zero-order valence-corrected chi connectivity index (χ0v) is 9.41. The molecule has 1 atom stereocenters. The Morgan fingerprint density at radius 3 is 2.53 bits per heavy atom. The van der Waals surface area contributed by atoms with Gasteiger partial charge in [0.2, 0.25) is 0 Å². The first-order chi connectivity index (χ1) is 8.13. The monoisotopic (exact) mass is 237 g/mol. The molecular weight excluding hydrogens is 224 g/mol. The quantitative estimate of drug-likeness (QED) is 0.878. The normalized spacial score (nSPS) is 12.4. The highest BCUT2D eigenvalue weighted by molar-refractivity contribution is 5.44. The topological polar surface area (TPSA) is 25.2 Å². The zero-order chi connectivity index (χ0) is 12.3. The molecule has 0 aliphatic carbocycles. The molecule has 1 heterocycles. The lowest BCUT2D eigenvalue weighted by Crippen LogP contribution is -2.17. The van der Waals surface area contributed by atoms with Crippen LogP contribution in [0.15, 0.2) is 41.0 Å². The van der Waals surface area contributed by atoms with Crippen LogP contribution in [0.3, 0.4) is 0 Å². The second kappa shape index (κ2) is 4.99. The molecule has 0 radical (unpaired) electrons. The summed E-state index contributed by atoms with van der Waals surface area (Å²) in [6.45, 7) is 1.92. The van der Waals surface area contributed by atoms with Gasteiger partial charge in [-0.15, -0.1) is 0 Å². The fourth-order valence-corrected chi connectivity index (χ4v) is 1.70. The summed E-state index contributed by atoms with van der Waals surface area (Å²) < 4.78 is 31.1. The average Bonchev–Trinajstić information content (AvgIpc) is 2.67. The molecule has 1 unspecified atom stereocenters. The molecule has 0 aliphatic heterocycles. The van der Waals surface area contributed by atoms with E-state index in [1.54, 1.807) is 6.26 Å². The van der Waals surface area contributed by atoms with Crippen LogP contribution in [-0.4, -0.2) is 6.04 Å². The third-order valence-electron chi connectivity index (χ3n) is 2.36. The second-order valence-corrected chi connectivity index (χ2v) is 3.99. The molecule has 1 N–H and O–H groups in total. The van der Waals surface area contributed by atoms with Crippen LogP contribution in [0.25, 0.3) is 0 Å². The standard InChI is InChI=1S/C13H13F2NO/c1-9(5-13-3-2-4-17-13)16-12-7-10(14)6-11(15)8-12/h2-4,6-9,16H,5H2,1H3. The Labute approximate surface area is 98.3 Å². The SMILES string of the molecule is CC(Cc1ccco1)Nc1cc(F)cc(F)c1. The Bertz CT molecular complexity index is 462. The number of hydrogen-bond acceptors (Lipinski definition) is 2. The van der Waals surface area contributed by atoms with Gasteiger partial charge in [0.15, 0.2) is 0 Å². The van der Waals surface area contributed by atoms with Crippen LogP contribution in [0.4, 0.5) is 14.5 Å². The summed E-state index contributed by atoms with van der Waals surface area (Å²) in [6, 6.07) is 7.09. The Morgan fingerprint density at radius 2 is 1.94 bits per heavy atom. The fourth-order valence-electron chi connectivity index (χ4n) is 1.70. The van der Waals surface area contributed by atoms with Crippen LogP contribution >= 0.6 is 0 Å². The Balaban J connectivity index is 2.00. The van der Waals surface area contributed by atoms with E-state index in [1.807, 2.05) is 19.1 Å². The lowest BCUT2D eigenvalue weighted by atomic mass is 10.2. The molecule has 2 aromatic rings. The van der Waals surface area contributed by atoms with Gasteiger partial charge in [0.25, 0.3) is 0 Å². The first-order valence-electron chi connectivity index (χ1n) is 5.38. The van der Waals surface area contributed by atoms with Gasteiger partial charge < -0.3 is 9.73 Å². The predicted octanol–water partition coefficient (Wildman–Crippen LogP) is 3.60. The molecule has 0 fully saturated rings. The van der Waals surface area contributed by atoms with Gasteiger partial charge in [0, 0.05) is 24.2 Å². The van der Waals surface area contributed by atoms with Crippen molar-refractivity contribution in [3.63, 3.8) is 0 Å². The van der Waals surface area contributed by atoms with Crippen molar-refractivity contribution in [2.24, 2.45) is 0 Å². The number of benzene rings is 1. The van der Waals surface area contributed by atoms with Crippen LogP contribution in [0.2, 0.25) is 0 Å². The Kier molecular flexibility index (Phi) is 3.42. The van der Waals surface area contributed by atoms with E-state index in [4.69, 9.17) is 4.42 Å². The van der Waals surface area contributed by atoms with Crippen LogP contribution in [0.1, 0.15) is 12.7 Å². The van der Waals surface area contributed by atoms with Crippen LogP contribution in [0, 0.1) is 11.6 Å². The molecular formula is C13H13F2NO. The summed E-state index contributed by atoms with van der Waals surface area (Å²) in [7, 11) is 0. The number of rotatable bonds is 4. The van der Waals surface area contributed by atoms with Crippen molar-refractivity contribution in [2.75, 3.05) is 5.32 Å². The molecule has 0 bridgehead atoms. The van der Waals surface area contributed by atoms with Crippen LogP contribution in [0.5, 0.6) is 0 Å². The lowest BCUT2D eigenvalue weighted by Gasteiger charge is -2.14. The highest BCUT2D eigenvalue weighted by Crippen LogP contribution is 2.15. The van der Waals surface area contributed by atoms with Crippen molar-refractivity contribution < 1.29 is 13.2 Å². The molecule has 0 saturated heterocycles. The summed E-state index contributed by atoms with van der Waals surface area (Å²) >= 11 is 0. The number of anilines is 1. The molecule has 4 heteroatoms. The molecule has 1 aromatic heterocycles. The van der Waals surface area contributed by atoms with Gasteiger partial charge in [-0.05, 0) is 31.2 Å². The van der Waals surface area contributed by atoms with E-state index >= 15 is 0 Å². The molecule has 2 rings (SSSR count). The molecule has 0 saturated carbocycles. The maximum absolute atomic E-state index is 13.0. The third-order valence-corrected chi connectivity index (χ3v) is 2.36. The third kappa shape index (κ3) is 3.31. The molecule has 0 spiro atoms. The minimum atomic E-state index is -0.585. The summed E-state index contributed by atoms with van der Waals surface area (Å²) in [6.07, 6.45) is 2.26. The summed E-state index contributed by atoms with van der Waals surface area (Å²) in [5.74, 6) is -0.336. The maximum atomic E-state index is 13.0.